The number of hydrogen-bond donors (Lipinski definition) is 3. The van der Waals surface area contributed by atoms with Crippen LogP contribution in [0.15, 0.2) is 140 Å². The molecule has 5 heterocycles. The Hall–Kier alpha value is -7.09. The number of aromatic nitrogens is 4. The number of nitrogens with zero attached hydrogens (tertiary/aromatic N) is 2. The summed E-state index contributed by atoms with van der Waals surface area (Å²) in [6.45, 7) is 0.124. The van der Waals surface area contributed by atoms with E-state index in [0.717, 1.165) is 89.4 Å². The molecular weight excluding hydrogens is 681 g/mol. The first-order valence-electron chi connectivity index (χ1n) is 18.4. The van der Waals surface area contributed by atoms with E-state index >= 15 is 0 Å². The van der Waals surface area contributed by atoms with Gasteiger partial charge in [-0.15, -0.1) is 0 Å². The second-order valence-corrected chi connectivity index (χ2v) is 13.4. The molecule has 0 aliphatic carbocycles. The number of rotatable bonds is 8. The van der Waals surface area contributed by atoms with Gasteiger partial charge >= 0.3 is 5.97 Å². The van der Waals surface area contributed by atoms with Crippen molar-refractivity contribution in [1.29, 1.82) is 0 Å². The number of benzene rings is 4. The maximum absolute atomic E-state index is 12.8. The molecule has 0 amide bonds. The Bertz CT molecular complexity index is 2730. The van der Waals surface area contributed by atoms with Crippen molar-refractivity contribution in [2.24, 2.45) is 0 Å². The van der Waals surface area contributed by atoms with Crippen molar-refractivity contribution in [1.82, 2.24) is 19.9 Å². The van der Waals surface area contributed by atoms with Gasteiger partial charge in [0.1, 0.15) is 0 Å². The predicted molar refractivity (Wildman–Crippen MR) is 223 cm³/mol. The molecule has 8 bridgehead atoms. The standard InChI is InChI=1S/C48H36N4O3/c53-29-10-30-55-48(54)35-19-17-34(18-20-35)47-42-27-25-40(51-42)45(32-13-6-2-7-14-32)38-23-21-36(49-38)44(31-11-4-1-5-12-31)37-22-24-39(50-37)46(33-15-8-3-9-16-33)41-26-28-43(47)52-41/h1-9,11-28,49,52-53H,10,29-30H2. The van der Waals surface area contributed by atoms with E-state index in [2.05, 4.69) is 107 Å². The molecule has 55 heavy (non-hydrogen) atoms. The van der Waals surface area contributed by atoms with Gasteiger partial charge in [0.05, 0.1) is 34.9 Å². The summed E-state index contributed by atoms with van der Waals surface area (Å²) in [7, 11) is 0. The minimum Gasteiger partial charge on any atom is -0.462 e. The third-order valence-electron chi connectivity index (χ3n) is 9.89. The molecule has 3 aromatic heterocycles. The number of carbonyl (C=O) groups excluding carboxylic acids is 1. The summed E-state index contributed by atoms with van der Waals surface area (Å²) in [5.74, 6) is -0.428. The minimum atomic E-state index is -0.428. The van der Waals surface area contributed by atoms with Crippen LogP contribution >= 0.6 is 0 Å². The van der Waals surface area contributed by atoms with Gasteiger partial charge in [-0.1, -0.05) is 103 Å². The molecule has 0 atom stereocenters. The number of ether oxygens (including phenoxy) is 1. The second-order valence-electron chi connectivity index (χ2n) is 13.4. The maximum Gasteiger partial charge on any atom is 0.338 e. The number of H-pyrrole nitrogens is 2. The fraction of sp³-hybridized carbons (Fsp3) is 0.0625. The molecule has 0 radical (unpaired) electrons. The average Bonchev–Trinajstić information content (AvgIpc) is 4.08. The summed E-state index contributed by atoms with van der Waals surface area (Å²) < 4.78 is 5.36. The summed E-state index contributed by atoms with van der Waals surface area (Å²) in [4.78, 5) is 31.0. The highest BCUT2D eigenvalue weighted by Crippen LogP contribution is 2.38. The molecule has 2 aliphatic rings. The Balaban J connectivity index is 1.38. The van der Waals surface area contributed by atoms with Crippen molar-refractivity contribution in [3.63, 3.8) is 0 Å². The quantitative estimate of drug-likeness (QED) is 0.107. The lowest BCUT2D eigenvalue weighted by Gasteiger charge is -2.08. The van der Waals surface area contributed by atoms with Gasteiger partial charge in [0.2, 0.25) is 0 Å². The third kappa shape index (κ3) is 6.58. The Labute approximate surface area is 318 Å². The number of carbonyl (C=O) groups is 1. The van der Waals surface area contributed by atoms with Crippen LogP contribution in [0.2, 0.25) is 0 Å². The number of hydrogen-bond acceptors (Lipinski definition) is 5. The van der Waals surface area contributed by atoms with Crippen molar-refractivity contribution in [3.8, 4) is 44.5 Å². The van der Waals surface area contributed by atoms with Gasteiger partial charge in [-0.05, 0) is 83.0 Å². The first-order chi connectivity index (χ1) is 27.1. The summed E-state index contributed by atoms with van der Waals surface area (Å²) in [6.07, 6.45) is 8.72. The molecule has 2 aliphatic heterocycles. The molecule has 0 unspecified atom stereocenters. The molecule has 4 aromatic carbocycles. The molecule has 3 N–H and O–H groups in total. The summed E-state index contributed by atoms with van der Waals surface area (Å²) >= 11 is 0. The van der Waals surface area contributed by atoms with E-state index < -0.39 is 5.97 Å². The minimum absolute atomic E-state index is 0.0363. The van der Waals surface area contributed by atoms with Gasteiger partial charge in [-0.25, -0.2) is 14.8 Å². The first kappa shape index (κ1) is 33.7. The van der Waals surface area contributed by atoms with Crippen molar-refractivity contribution < 1.29 is 14.6 Å². The summed E-state index contributed by atoms with van der Waals surface area (Å²) in [6, 6.07) is 46.9. The largest absolute Gasteiger partial charge is 0.462 e. The highest BCUT2D eigenvalue weighted by Gasteiger charge is 2.19. The number of fused-ring (bicyclic) bond motifs is 8. The van der Waals surface area contributed by atoms with Gasteiger partial charge < -0.3 is 19.8 Å². The topological polar surface area (TPSA) is 104 Å². The maximum atomic E-state index is 12.8. The number of nitrogens with one attached hydrogen (secondary N) is 2. The second kappa shape index (κ2) is 14.7. The van der Waals surface area contributed by atoms with Gasteiger partial charge in [-0.3, -0.25) is 0 Å². The molecule has 0 saturated heterocycles. The lowest BCUT2D eigenvalue weighted by molar-refractivity contribution is 0.0482. The highest BCUT2D eigenvalue weighted by atomic mass is 16.5. The molecular formula is C48H36N4O3. The van der Waals surface area contributed by atoms with Crippen LogP contribution in [0.4, 0.5) is 0 Å². The van der Waals surface area contributed by atoms with Crippen molar-refractivity contribution in [2.75, 3.05) is 13.2 Å². The Kier molecular flexibility index (Phi) is 9.04. The van der Waals surface area contributed by atoms with Crippen LogP contribution < -0.4 is 0 Å². The molecule has 7 heteroatoms. The fourth-order valence-corrected chi connectivity index (χ4v) is 7.32. The SMILES string of the molecule is O=C(OCCCO)c1ccc(-c2c3nc(c(-c4ccccc4)c4ccc([nH]4)c(-c4ccccc4)c4nc(c(-c5ccccc5)c5ccc2[nH]5)C=C4)C=C3)cc1. The van der Waals surface area contributed by atoms with Crippen LogP contribution in [-0.2, 0) is 4.74 Å². The van der Waals surface area contributed by atoms with Gasteiger partial charge in [-0.2, -0.15) is 0 Å². The van der Waals surface area contributed by atoms with E-state index in [-0.39, 0.29) is 13.2 Å². The lowest BCUT2D eigenvalue weighted by Crippen LogP contribution is -2.07. The van der Waals surface area contributed by atoms with Gasteiger partial charge in [0, 0.05) is 57.3 Å². The monoisotopic (exact) mass is 716 g/mol. The zero-order valence-electron chi connectivity index (χ0n) is 29.9. The van der Waals surface area contributed by atoms with Crippen LogP contribution in [0.1, 0.15) is 39.6 Å². The van der Waals surface area contributed by atoms with E-state index in [0.29, 0.717) is 12.0 Å². The van der Waals surface area contributed by atoms with Crippen molar-refractivity contribution in [2.45, 2.75) is 6.42 Å². The van der Waals surface area contributed by atoms with Crippen LogP contribution in [0.25, 0.3) is 90.9 Å². The summed E-state index contributed by atoms with van der Waals surface area (Å²) in [5.41, 5.74) is 15.2. The smallest absolute Gasteiger partial charge is 0.338 e. The van der Waals surface area contributed by atoms with Gasteiger partial charge in [0.25, 0.3) is 0 Å². The van der Waals surface area contributed by atoms with E-state index in [1.807, 2.05) is 54.6 Å². The molecule has 0 spiro atoms. The molecule has 0 fully saturated rings. The number of aromatic amines is 2. The van der Waals surface area contributed by atoms with Crippen LogP contribution in [0.3, 0.4) is 0 Å². The molecule has 7 nitrogen and oxygen atoms in total. The summed E-state index contributed by atoms with van der Waals surface area (Å²) in [5, 5.41) is 9.13. The van der Waals surface area contributed by atoms with E-state index in [4.69, 9.17) is 19.8 Å². The normalized spacial score (nSPS) is 11.9. The van der Waals surface area contributed by atoms with E-state index in [1.54, 1.807) is 12.1 Å². The van der Waals surface area contributed by atoms with Crippen LogP contribution in [0, 0.1) is 0 Å². The van der Waals surface area contributed by atoms with E-state index in [9.17, 15) is 4.79 Å². The Morgan fingerprint density at radius 2 is 0.818 bits per heavy atom. The number of aliphatic hydroxyl groups is 1. The van der Waals surface area contributed by atoms with Gasteiger partial charge in [0.15, 0.2) is 0 Å². The zero-order valence-corrected chi connectivity index (χ0v) is 29.9. The number of aliphatic hydroxyl groups excluding tert-OH is 1. The lowest BCUT2D eigenvalue weighted by atomic mass is 10.0. The zero-order chi connectivity index (χ0) is 37.1. The molecule has 7 aromatic rings. The first-order valence-corrected chi connectivity index (χ1v) is 18.4. The number of esters is 1. The average molecular weight is 717 g/mol. The van der Waals surface area contributed by atoms with Crippen molar-refractivity contribution >= 4 is 52.3 Å². The van der Waals surface area contributed by atoms with Crippen molar-refractivity contribution in [3.05, 3.63) is 168 Å². The predicted octanol–water partition coefficient (Wildman–Crippen LogP) is 10.9. The Morgan fingerprint density at radius 1 is 0.473 bits per heavy atom. The highest BCUT2D eigenvalue weighted by molar-refractivity contribution is 6.00. The Morgan fingerprint density at radius 3 is 1.16 bits per heavy atom. The third-order valence-corrected chi connectivity index (χ3v) is 9.89. The molecule has 266 valence electrons. The van der Waals surface area contributed by atoms with Crippen LogP contribution in [0.5, 0.6) is 0 Å². The molecule has 9 rings (SSSR count). The van der Waals surface area contributed by atoms with Crippen LogP contribution in [-0.4, -0.2) is 44.2 Å². The fourth-order valence-electron chi connectivity index (χ4n) is 7.32. The molecule has 0 saturated carbocycles. The van der Waals surface area contributed by atoms with E-state index in [1.165, 1.54) is 0 Å².